The lowest BCUT2D eigenvalue weighted by Gasteiger charge is -2.35. The first-order chi connectivity index (χ1) is 22.6. The Bertz CT molecular complexity index is 1130. The van der Waals surface area contributed by atoms with Crippen molar-refractivity contribution in [3.8, 4) is 0 Å². The number of ether oxygens (including phenoxy) is 3. The highest BCUT2D eigenvalue weighted by Crippen LogP contribution is 2.30. The molecule has 2 saturated heterocycles. The van der Waals surface area contributed by atoms with E-state index >= 15 is 0 Å². The molecular weight excluding hydrogens is 632 g/mol. The van der Waals surface area contributed by atoms with Crippen LogP contribution in [0.5, 0.6) is 0 Å². The molecule has 0 spiro atoms. The summed E-state index contributed by atoms with van der Waals surface area (Å²) in [7, 11) is 2.64. The molecular formula is C35H64N6O8. The number of alkyl carbamates (subject to hydrolysis) is 1. The third kappa shape index (κ3) is 15.2. The molecule has 14 heteroatoms. The number of esters is 2. The molecule has 0 aromatic carbocycles. The van der Waals surface area contributed by atoms with Gasteiger partial charge in [0.1, 0.15) is 17.7 Å². The minimum atomic E-state index is -0.745. The molecule has 14 nitrogen and oxygen atoms in total. The van der Waals surface area contributed by atoms with Gasteiger partial charge in [0.2, 0.25) is 11.8 Å². The normalized spacial score (nSPS) is 21.1. The lowest BCUT2D eigenvalue weighted by Crippen LogP contribution is -2.51. The monoisotopic (exact) mass is 696 g/mol. The number of carbonyl (C=O) groups is 5. The van der Waals surface area contributed by atoms with Crippen molar-refractivity contribution in [2.45, 2.75) is 124 Å². The van der Waals surface area contributed by atoms with E-state index in [0.29, 0.717) is 51.9 Å². The Morgan fingerprint density at radius 3 is 1.96 bits per heavy atom. The van der Waals surface area contributed by atoms with Crippen molar-refractivity contribution in [1.29, 1.82) is 0 Å². The Balaban J connectivity index is 2.10. The minimum Gasteiger partial charge on any atom is -0.468 e. The minimum absolute atomic E-state index is 0.0295. The quantitative estimate of drug-likeness (QED) is 0.104. The van der Waals surface area contributed by atoms with Gasteiger partial charge < -0.3 is 46.1 Å². The van der Waals surface area contributed by atoms with Gasteiger partial charge in [-0.1, -0.05) is 34.6 Å². The maximum Gasteiger partial charge on any atom is 0.407 e. The molecule has 2 heterocycles. The van der Waals surface area contributed by atoms with E-state index in [2.05, 4.69) is 42.0 Å². The van der Waals surface area contributed by atoms with Crippen LogP contribution >= 0.6 is 0 Å². The van der Waals surface area contributed by atoms with E-state index in [-0.39, 0.29) is 48.1 Å². The number of likely N-dealkylation sites (tertiary alicyclic amines) is 1. The number of nitrogens with two attached hydrogens (primary N) is 1. The molecule has 49 heavy (non-hydrogen) atoms. The standard InChI is InChI=1S/C35H64N6O8/c1-33(2,3)17-24(36)19-38-27(31(45)48-10)16-23-12-14-41(29(23)43)21-35(7,8)18-25(40-32(46)49-34(4,5)6)20-39-26(30(44)47-9)15-22-11-13-37-28(22)42/h22-27,38-39H,11-21,36H2,1-10H3,(H,37,42)(H,40,46)/t22-,23-,24-,25-,26-,27-/m0/s1. The van der Waals surface area contributed by atoms with E-state index in [9.17, 15) is 24.0 Å². The van der Waals surface area contributed by atoms with Gasteiger partial charge >= 0.3 is 18.0 Å². The number of rotatable bonds is 18. The van der Waals surface area contributed by atoms with Gasteiger partial charge in [0.15, 0.2) is 0 Å². The first-order valence-corrected chi connectivity index (χ1v) is 17.6. The summed E-state index contributed by atoms with van der Waals surface area (Å²) in [6.45, 7) is 17.9. The molecule has 2 fully saturated rings. The fourth-order valence-electron chi connectivity index (χ4n) is 6.76. The number of nitrogens with zero attached hydrogens (tertiary/aromatic N) is 1. The predicted molar refractivity (Wildman–Crippen MR) is 186 cm³/mol. The van der Waals surface area contributed by atoms with Crippen LogP contribution in [-0.4, -0.2) is 111 Å². The number of amides is 3. The molecule has 0 aromatic heterocycles. The Kier molecular flexibility index (Phi) is 15.8. The van der Waals surface area contributed by atoms with Crippen LogP contribution in [0.15, 0.2) is 0 Å². The summed E-state index contributed by atoms with van der Waals surface area (Å²) >= 11 is 0. The van der Waals surface area contributed by atoms with Crippen molar-refractivity contribution in [2.24, 2.45) is 28.4 Å². The number of hydrogen-bond donors (Lipinski definition) is 5. The lowest BCUT2D eigenvalue weighted by atomic mass is 9.84. The van der Waals surface area contributed by atoms with E-state index in [1.807, 2.05) is 18.7 Å². The number of methoxy groups -OCH3 is 2. The second kappa shape index (κ2) is 18.3. The van der Waals surface area contributed by atoms with Crippen LogP contribution in [0.1, 0.15) is 93.9 Å². The fourth-order valence-corrected chi connectivity index (χ4v) is 6.76. The van der Waals surface area contributed by atoms with E-state index in [1.54, 1.807) is 20.8 Å². The lowest BCUT2D eigenvalue weighted by molar-refractivity contribution is -0.145. The van der Waals surface area contributed by atoms with Gasteiger partial charge in [-0.3, -0.25) is 19.2 Å². The SMILES string of the molecule is COC(=O)[C@H](C[C@@H]1CCNC1=O)NC[C@H](CC(C)(C)CN1CC[C@@H](C[C@H](NC[C@@H](N)CC(C)(C)C)C(=O)OC)C1=O)NC(=O)OC(C)(C)C. The van der Waals surface area contributed by atoms with Crippen LogP contribution in [0.3, 0.4) is 0 Å². The van der Waals surface area contributed by atoms with Crippen LogP contribution in [-0.2, 0) is 33.4 Å². The van der Waals surface area contributed by atoms with Crippen LogP contribution < -0.4 is 27.0 Å². The number of carbonyl (C=O) groups excluding carboxylic acids is 5. The summed E-state index contributed by atoms with van der Waals surface area (Å²) in [6.07, 6.45) is 2.45. The molecule has 2 aliphatic heterocycles. The smallest absolute Gasteiger partial charge is 0.407 e. The number of hydrogen-bond acceptors (Lipinski definition) is 11. The van der Waals surface area contributed by atoms with Crippen molar-refractivity contribution in [3.63, 3.8) is 0 Å². The Hall–Kier alpha value is -2.97. The Morgan fingerprint density at radius 2 is 1.45 bits per heavy atom. The van der Waals surface area contributed by atoms with Gasteiger partial charge in [-0.25, -0.2) is 4.79 Å². The molecule has 0 unspecified atom stereocenters. The zero-order valence-corrected chi connectivity index (χ0v) is 31.5. The first-order valence-electron chi connectivity index (χ1n) is 17.6. The number of nitrogens with one attached hydrogen (secondary N) is 4. The zero-order chi connectivity index (χ0) is 37.2. The molecule has 6 N–H and O–H groups in total. The second-order valence-corrected chi connectivity index (χ2v) is 16.7. The van der Waals surface area contributed by atoms with E-state index < -0.39 is 47.2 Å². The molecule has 0 radical (unpaired) electrons. The fraction of sp³-hybridized carbons (Fsp3) is 0.857. The largest absolute Gasteiger partial charge is 0.468 e. The third-order valence-corrected chi connectivity index (χ3v) is 8.83. The molecule has 6 atom stereocenters. The third-order valence-electron chi connectivity index (χ3n) is 8.83. The maximum atomic E-state index is 13.6. The Labute approximate surface area is 293 Å². The molecule has 282 valence electrons. The highest BCUT2D eigenvalue weighted by atomic mass is 16.6. The van der Waals surface area contributed by atoms with Crippen LogP contribution in [0.2, 0.25) is 0 Å². The second-order valence-electron chi connectivity index (χ2n) is 16.7. The molecule has 0 aromatic rings. The van der Waals surface area contributed by atoms with E-state index in [4.69, 9.17) is 19.9 Å². The van der Waals surface area contributed by atoms with E-state index in [0.717, 1.165) is 6.42 Å². The van der Waals surface area contributed by atoms with Crippen molar-refractivity contribution in [3.05, 3.63) is 0 Å². The van der Waals surface area contributed by atoms with Gasteiger partial charge in [0.25, 0.3) is 0 Å². The summed E-state index contributed by atoms with van der Waals surface area (Å²) < 4.78 is 15.6. The molecule has 0 bridgehead atoms. The summed E-state index contributed by atoms with van der Waals surface area (Å²) in [5.74, 6) is -1.69. The molecule has 2 rings (SSSR count). The van der Waals surface area contributed by atoms with Crippen LogP contribution in [0, 0.1) is 22.7 Å². The zero-order valence-electron chi connectivity index (χ0n) is 31.5. The van der Waals surface area contributed by atoms with Crippen LogP contribution in [0.25, 0.3) is 0 Å². The molecule has 3 amide bonds. The van der Waals surface area contributed by atoms with Crippen molar-refractivity contribution in [1.82, 2.24) is 26.2 Å². The summed E-state index contributed by atoms with van der Waals surface area (Å²) in [4.78, 5) is 65.9. The summed E-state index contributed by atoms with van der Waals surface area (Å²) in [5, 5.41) is 12.2. The van der Waals surface area contributed by atoms with Gasteiger partial charge in [0.05, 0.1) is 14.2 Å². The van der Waals surface area contributed by atoms with Gasteiger partial charge in [-0.2, -0.15) is 0 Å². The molecule has 0 saturated carbocycles. The van der Waals surface area contributed by atoms with Gasteiger partial charge in [0, 0.05) is 56.6 Å². The molecule has 0 aliphatic carbocycles. The van der Waals surface area contributed by atoms with Crippen molar-refractivity contribution >= 4 is 29.8 Å². The van der Waals surface area contributed by atoms with Gasteiger partial charge in [-0.05, 0) is 70.1 Å². The average molecular weight is 697 g/mol. The van der Waals surface area contributed by atoms with E-state index in [1.165, 1.54) is 14.2 Å². The average Bonchev–Trinajstić information content (AvgIpc) is 3.53. The summed E-state index contributed by atoms with van der Waals surface area (Å²) in [5.41, 5.74) is 5.18. The molecule has 2 aliphatic rings. The summed E-state index contributed by atoms with van der Waals surface area (Å²) in [6, 6.07) is -2.02. The van der Waals surface area contributed by atoms with Crippen LogP contribution in [0.4, 0.5) is 4.79 Å². The van der Waals surface area contributed by atoms with Gasteiger partial charge in [-0.15, -0.1) is 0 Å². The van der Waals surface area contributed by atoms with Crippen molar-refractivity contribution < 1.29 is 38.2 Å². The Morgan fingerprint density at radius 1 is 0.878 bits per heavy atom. The predicted octanol–water partition coefficient (Wildman–Crippen LogP) is 2.09. The topological polar surface area (TPSA) is 190 Å². The maximum absolute atomic E-state index is 13.6. The van der Waals surface area contributed by atoms with Crippen molar-refractivity contribution in [2.75, 3.05) is 46.9 Å². The highest BCUT2D eigenvalue weighted by Gasteiger charge is 2.39. The highest BCUT2D eigenvalue weighted by molar-refractivity contribution is 5.83. The first kappa shape index (κ1) is 42.2.